The van der Waals surface area contributed by atoms with Crippen molar-refractivity contribution in [2.24, 2.45) is 5.92 Å². The third-order valence-electron chi connectivity index (χ3n) is 3.73. The Balaban J connectivity index is 1.70. The zero-order valence-electron chi connectivity index (χ0n) is 12.8. The van der Waals surface area contributed by atoms with Gasteiger partial charge in [-0.15, -0.1) is 0 Å². The summed E-state index contributed by atoms with van der Waals surface area (Å²) in [6.45, 7) is 2.04. The number of ether oxygens (including phenoxy) is 1. The van der Waals surface area contributed by atoms with Crippen LogP contribution in [0.4, 0.5) is 17.1 Å². The molecule has 0 atom stereocenters. The Morgan fingerprint density at radius 2 is 1.77 bits per heavy atom. The number of hydrogen-bond acceptors (Lipinski definition) is 3. The van der Waals surface area contributed by atoms with E-state index in [0.29, 0.717) is 0 Å². The lowest BCUT2D eigenvalue weighted by Crippen LogP contribution is -2.13. The molecule has 2 aromatic carbocycles. The van der Waals surface area contributed by atoms with Crippen LogP contribution < -0.4 is 15.4 Å². The first-order valence-corrected chi connectivity index (χ1v) is 7.48. The van der Waals surface area contributed by atoms with E-state index in [1.165, 1.54) is 0 Å². The maximum absolute atomic E-state index is 11.7. The molecule has 1 fully saturated rings. The number of benzene rings is 2. The molecule has 22 heavy (non-hydrogen) atoms. The number of nitrogens with one attached hydrogen (secondary N) is 2. The monoisotopic (exact) mass is 296 g/mol. The van der Waals surface area contributed by atoms with Crippen molar-refractivity contribution in [3.63, 3.8) is 0 Å². The van der Waals surface area contributed by atoms with Crippen LogP contribution in [-0.2, 0) is 4.79 Å². The lowest BCUT2D eigenvalue weighted by Gasteiger charge is -2.12. The van der Waals surface area contributed by atoms with Gasteiger partial charge in [0.2, 0.25) is 5.91 Å². The van der Waals surface area contributed by atoms with E-state index in [2.05, 4.69) is 10.6 Å². The summed E-state index contributed by atoms with van der Waals surface area (Å²) in [5, 5.41) is 6.28. The third-order valence-corrected chi connectivity index (χ3v) is 3.73. The molecule has 114 valence electrons. The van der Waals surface area contributed by atoms with Gasteiger partial charge in [-0.1, -0.05) is 6.07 Å². The van der Waals surface area contributed by atoms with E-state index in [1.54, 1.807) is 7.11 Å². The van der Waals surface area contributed by atoms with Crippen LogP contribution in [0.25, 0.3) is 0 Å². The average molecular weight is 296 g/mol. The Morgan fingerprint density at radius 3 is 2.41 bits per heavy atom. The van der Waals surface area contributed by atoms with Crippen LogP contribution in [0.2, 0.25) is 0 Å². The number of anilines is 3. The minimum atomic E-state index is 0.126. The lowest BCUT2D eigenvalue weighted by molar-refractivity contribution is -0.117. The molecule has 1 saturated carbocycles. The molecule has 0 aromatic heterocycles. The van der Waals surface area contributed by atoms with Crippen LogP contribution in [0, 0.1) is 12.8 Å². The molecule has 0 radical (unpaired) electrons. The standard InChI is InChI=1S/C18H20N2O2/c1-12-3-10-17(22-2)16(11-12)19-14-6-8-15(9-7-14)20-18(21)13-4-5-13/h3,6-11,13,19H,4-5H2,1-2H3,(H,20,21). The molecule has 2 aromatic rings. The highest BCUT2D eigenvalue weighted by Crippen LogP contribution is 2.31. The Kier molecular flexibility index (Phi) is 4.00. The number of aryl methyl sites for hydroxylation is 1. The van der Waals surface area contributed by atoms with Crippen molar-refractivity contribution in [3.8, 4) is 5.75 Å². The number of rotatable bonds is 5. The fraction of sp³-hybridized carbons (Fsp3) is 0.278. The Hall–Kier alpha value is -2.49. The van der Waals surface area contributed by atoms with Crippen molar-refractivity contribution in [1.29, 1.82) is 0 Å². The Morgan fingerprint density at radius 1 is 1.09 bits per heavy atom. The van der Waals surface area contributed by atoms with Crippen molar-refractivity contribution in [2.75, 3.05) is 17.7 Å². The van der Waals surface area contributed by atoms with Crippen molar-refractivity contribution in [1.82, 2.24) is 0 Å². The minimum Gasteiger partial charge on any atom is -0.495 e. The van der Waals surface area contributed by atoms with Gasteiger partial charge in [0.25, 0.3) is 0 Å². The van der Waals surface area contributed by atoms with Gasteiger partial charge in [0.15, 0.2) is 0 Å². The number of amides is 1. The van der Waals surface area contributed by atoms with Crippen LogP contribution >= 0.6 is 0 Å². The predicted molar refractivity (Wildman–Crippen MR) is 88.8 cm³/mol. The lowest BCUT2D eigenvalue weighted by atomic mass is 10.2. The van der Waals surface area contributed by atoms with Gasteiger partial charge in [0, 0.05) is 17.3 Å². The van der Waals surface area contributed by atoms with Gasteiger partial charge in [-0.3, -0.25) is 4.79 Å². The fourth-order valence-corrected chi connectivity index (χ4v) is 2.30. The molecule has 0 aliphatic heterocycles. The molecule has 0 spiro atoms. The number of carbonyl (C=O) groups excluding carboxylic acids is 1. The van der Waals surface area contributed by atoms with Crippen LogP contribution in [-0.4, -0.2) is 13.0 Å². The molecule has 0 bridgehead atoms. The molecule has 1 amide bonds. The van der Waals surface area contributed by atoms with Gasteiger partial charge >= 0.3 is 0 Å². The van der Waals surface area contributed by atoms with Crippen molar-refractivity contribution in [3.05, 3.63) is 48.0 Å². The van der Waals surface area contributed by atoms with E-state index < -0.39 is 0 Å². The molecular formula is C18H20N2O2. The Labute approximate surface area is 130 Å². The van der Waals surface area contributed by atoms with Crippen LogP contribution in [0.15, 0.2) is 42.5 Å². The topological polar surface area (TPSA) is 50.4 Å². The summed E-state index contributed by atoms with van der Waals surface area (Å²) in [4.78, 5) is 11.7. The highest BCUT2D eigenvalue weighted by molar-refractivity contribution is 5.94. The summed E-state index contributed by atoms with van der Waals surface area (Å²) in [5.74, 6) is 1.15. The van der Waals surface area contributed by atoms with E-state index in [-0.39, 0.29) is 11.8 Å². The first-order valence-electron chi connectivity index (χ1n) is 7.48. The zero-order chi connectivity index (χ0) is 15.5. The normalized spacial score (nSPS) is 13.5. The Bertz CT molecular complexity index is 676. The number of carbonyl (C=O) groups is 1. The van der Waals surface area contributed by atoms with E-state index in [1.807, 2.05) is 49.4 Å². The summed E-state index contributed by atoms with van der Waals surface area (Å²) in [6, 6.07) is 13.7. The molecule has 1 aliphatic carbocycles. The van der Waals surface area contributed by atoms with Gasteiger partial charge in [0.1, 0.15) is 5.75 Å². The molecule has 0 heterocycles. The van der Waals surface area contributed by atoms with Gasteiger partial charge < -0.3 is 15.4 Å². The van der Waals surface area contributed by atoms with Gasteiger partial charge in [-0.25, -0.2) is 0 Å². The summed E-state index contributed by atoms with van der Waals surface area (Å²) in [6.07, 6.45) is 2.03. The average Bonchev–Trinajstić information content (AvgIpc) is 3.34. The molecular weight excluding hydrogens is 276 g/mol. The van der Waals surface area contributed by atoms with Crippen molar-refractivity contribution >= 4 is 23.0 Å². The van der Waals surface area contributed by atoms with E-state index >= 15 is 0 Å². The molecule has 0 unspecified atom stereocenters. The molecule has 1 aliphatic rings. The second-order valence-corrected chi connectivity index (χ2v) is 5.67. The second-order valence-electron chi connectivity index (χ2n) is 5.67. The van der Waals surface area contributed by atoms with Crippen LogP contribution in [0.3, 0.4) is 0 Å². The molecule has 4 nitrogen and oxygen atoms in total. The first kappa shape index (κ1) is 14.4. The highest BCUT2D eigenvalue weighted by Gasteiger charge is 2.29. The maximum atomic E-state index is 11.7. The summed E-state index contributed by atoms with van der Waals surface area (Å²) >= 11 is 0. The fourth-order valence-electron chi connectivity index (χ4n) is 2.30. The quantitative estimate of drug-likeness (QED) is 0.873. The zero-order valence-corrected chi connectivity index (χ0v) is 12.8. The van der Waals surface area contributed by atoms with Crippen molar-refractivity contribution < 1.29 is 9.53 Å². The van der Waals surface area contributed by atoms with Crippen LogP contribution in [0.5, 0.6) is 5.75 Å². The maximum Gasteiger partial charge on any atom is 0.227 e. The highest BCUT2D eigenvalue weighted by atomic mass is 16.5. The molecule has 2 N–H and O–H groups in total. The van der Waals surface area contributed by atoms with Gasteiger partial charge in [-0.05, 0) is 61.7 Å². The first-order chi connectivity index (χ1) is 10.7. The SMILES string of the molecule is COc1ccc(C)cc1Nc1ccc(NC(=O)C2CC2)cc1. The predicted octanol–water partition coefficient (Wildman–Crippen LogP) is 4.10. The van der Waals surface area contributed by atoms with Gasteiger partial charge in [-0.2, -0.15) is 0 Å². The van der Waals surface area contributed by atoms with E-state index in [0.717, 1.165) is 41.2 Å². The summed E-state index contributed by atoms with van der Waals surface area (Å²) in [7, 11) is 1.66. The van der Waals surface area contributed by atoms with Crippen LogP contribution in [0.1, 0.15) is 18.4 Å². The minimum absolute atomic E-state index is 0.126. The molecule has 0 saturated heterocycles. The smallest absolute Gasteiger partial charge is 0.227 e. The summed E-state index contributed by atoms with van der Waals surface area (Å²) in [5.41, 5.74) is 3.88. The van der Waals surface area contributed by atoms with Gasteiger partial charge in [0.05, 0.1) is 12.8 Å². The van der Waals surface area contributed by atoms with Crippen molar-refractivity contribution in [2.45, 2.75) is 19.8 Å². The molecule has 4 heteroatoms. The largest absolute Gasteiger partial charge is 0.495 e. The second kappa shape index (κ2) is 6.10. The summed E-state index contributed by atoms with van der Waals surface area (Å²) < 4.78 is 5.36. The van der Waals surface area contributed by atoms with E-state index in [4.69, 9.17) is 4.74 Å². The van der Waals surface area contributed by atoms with E-state index in [9.17, 15) is 4.79 Å². The third kappa shape index (κ3) is 3.39. The number of hydrogen-bond donors (Lipinski definition) is 2. The molecule has 3 rings (SSSR count). The number of methoxy groups -OCH3 is 1.